The van der Waals surface area contributed by atoms with Crippen LogP contribution in [0.5, 0.6) is 0 Å². The molecule has 0 aliphatic heterocycles. The van der Waals surface area contributed by atoms with Gasteiger partial charge in [0, 0.05) is 12.8 Å². The van der Waals surface area contributed by atoms with Gasteiger partial charge in [-0.05, 0) is 31.9 Å². The molecule has 20 heavy (non-hydrogen) atoms. The van der Waals surface area contributed by atoms with E-state index >= 15 is 0 Å². The lowest BCUT2D eigenvalue weighted by molar-refractivity contribution is -0.147. The van der Waals surface area contributed by atoms with E-state index in [1.54, 1.807) is 0 Å². The zero-order valence-electron chi connectivity index (χ0n) is 12.1. The molecule has 1 aromatic carbocycles. The van der Waals surface area contributed by atoms with Crippen LogP contribution in [0.1, 0.15) is 16.7 Å². The van der Waals surface area contributed by atoms with Gasteiger partial charge in [-0.1, -0.05) is 17.7 Å². The fourth-order valence-electron chi connectivity index (χ4n) is 1.99. The van der Waals surface area contributed by atoms with Gasteiger partial charge in [-0.3, -0.25) is 0 Å². The van der Waals surface area contributed by atoms with E-state index in [1.807, 2.05) is 32.9 Å². The molecule has 6 heteroatoms. The van der Waals surface area contributed by atoms with Gasteiger partial charge in [-0.2, -0.15) is 0 Å². The number of anilines is 1. The highest BCUT2D eigenvalue weighted by molar-refractivity contribution is 5.91. The summed E-state index contributed by atoms with van der Waals surface area (Å²) in [6.07, 6.45) is -1.05. The Kier molecular flexibility index (Phi) is 5.52. The molecule has 3 N–H and O–H groups in total. The lowest BCUT2D eigenvalue weighted by Gasteiger charge is -2.15. The largest absolute Gasteiger partial charge is 0.479 e. The normalized spacial score (nSPS) is 11.8. The van der Waals surface area contributed by atoms with E-state index in [9.17, 15) is 9.59 Å². The standard InChI is InChI=1S/C14H20N2O4/c1-8-5-9(2)12(10(3)6-8)16-14(19)15-7-11(20-4)13(17)18/h5-6,11H,7H2,1-4H3,(H,17,18)(H2,15,16,19). The monoisotopic (exact) mass is 280 g/mol. The molecular weight excluding hydrogens is 260 g/mol. The van der Waals surface area contributed by atoms with Crippen molar-refractivity contribution < 1.29 is 19.4 Å². The predicted molar refractivity (Wildman–Crippen MR) is 76.1 cm³/mol. The summed E-state index contributed by atoms with van der Waals surface area (Å²) in [5, 5.41) is 14.0. The number of carbonyl (C=O) groups is 2. The molecule has 110 valence electrons. The Labute approximate surface area is 118 Å². The Balaban J connectivity index is 2.66. The number of carboxylic acids is 1. The number of hydrogen-bond donors (Lipinski definition) is 3. The molecule has 0 aromatic heterocycles. The zero-order chi connectivity index (χ0) is 15.3. The molecule has 1 aromatic rings. The fraction of sp³-hybridized carbons (Fsp3) is 0.429. The molecule has 0 saturated carbocycles. The molecule has 0 spiro atoms. The van der Waals surface area contributed by atoms with Gasteiger partial charge < -0.3 is 20.5 Å². The van der Waals surface area contributed by atoms with Crippen LogP contribution in [0.25, 0.3) is 0 Å². The molecule has 0 aliphatic rings. The highest BCUT2D eigenvalue weighted by Gasteiger charge is 2.17. The van der Waals surface area contributed by atoms with Crippen LogP contribution in [0.15, 0.2) is 12.1 Å². The number of carboxylic acid groups (broad SMARTS) is 1. The third kappa shape index (κ3) is 4.24. The van der Waals surface area contributed by atoms with Crippen LogP contribution in [0.4, 0.5) is 10.5 Å². The van der Waals surface area contributed by atoms with Crippen molar-refractivity contribution in [2.45, 2.75) is 26.9 Å². The molecule has 1 unspecified atom stereocenters. The maximum Gasteiger partial charge on any atom is 0.334 e. The molecular formula is C14H20N2O4. The molecule has 0 heterocycles. The number of methoxy groups -OCH3 is 1. The molecule has 0 fully saturated rings. The number of benzene rings is 1. The van der Waals surface area contributed by atoms with E-state index in [1.165, 1.54) is 7.11 Å². The average molecular weight is 280 g/mol. The number of aryl methyl sites for hydroxylation is 3. The first kappa shape index (κ1) is 16.0. The Bertz CT molecular complexity index is 491. The average Bonchev–Trinajstić information content (AvgIpc) is 2.34. The summed E-state index contributed by atoms with van der Waals surface area (Å²) >= 11 is 0. The quantitative estimate of drug-likeness (QED) is 0.768. The second-order valence-corrected chi connectivity index (χ2v) is 4.67. The van der Waals surface area contributed by atoms with Gasteiger partial charge >= 0.3 is 12.0 Å². The first-order valence-corrected chi connectivity index (χ1v) is 6.23. The van der Waals surface area contributed by atoms with Gasteiger partial charge in [0.1, 0.15) is 0 Å². The Morgan fingerprint density at radius 2 is 1.80 bits per heavy atom. The van der Waals surface area contributed by atoms with Gasteiger partial charge in [0.15, 0.2) is 6.10 Å². The second-order valence-electron chi connectivity index (χ2n) is 4.67. The van der Waals surface area contributed by atoms with Crippen molar-refractivity contribution in [3.8, 4) is 0 Å². The Morgan fingerprint density at radius 1 is 1.25 bits per heavy atom. The fourth-order valence-corrected chi connectivity index (χ4v) is 1.99. The van der Waals surface area contributed by atoms with Gasteiger partial charge in [0.05, 0.1) is 6.54 Å². The summed E-state index contributed by atoms with van der Waals surface area (Å²) in [5.74, 6) is -1.12. The van der Waals surface area contributed by atoms with Crippen molar-refractivity contribution in [3.05, 3.63) is 28.8 Å². The number of hydrogen-bond acceptors (Lipinski definition) is 3. The molecule has 2 amide bonds. The van der Waals surface area contributed by atoms with Gasteiger partial charge in [0.2, 0.25) is 0 Å². The lowest BCUT2D eigenvalue weighted by atomic mass is 10.1. The molecule has 1 atom stereocenters. The minimum Gasteiger partial charge on any atom is -0.479 e. The maximum atomic E-state index is 11.8. The third-order valence-electron chi connectivity index (χ3n) is 2.92. The van der Waals surface area contributed by atoms with Crippen molar-refractivity contribution in [1.82, 2.24) is 5.32 Å². The smallest absolute Gasteiger partial charge is 0.334 e. The SMILES string of the molecule is COC(CNC(=O)Nc1c(C)cc(C)cc1C)C(=O)O. The molecule has 6 nitrogen and oxygen atoms in total. The summed E-state index contributed by atoms with van der Waals surface area (Å²) in [6, 6.07) is 3.48. The molecule has 0 saturated heterocycles. The van der Waals surface area contributed by atoms with E-state index in [-0.39, 0.29) is 6.54 Å². The van der Waals surface area contributed by atoms with Crippen molar-refractivity contribution in [3.63, 3.8) is 0 Å². The molecule has 0 radical (unpaired) electrons. The zero-order valence-corrected chi connectivity index (χ0v) is 12.1. The van der Waals surface area contributed by atoms with E-state index in [0.717, 1.165) is 22.4 Å². The van der Waals surface area contributed by atoms with Crippen molar-refractivity contribution in [2.24, 2.45) is 0 Å². The number of urea groups is 1. The van der Waals surface area contributed by atoms with E-state index in [0.29, 0.717) is 0 Å². The van der Waals surface area contributed by atoms with E-state index in [2.05, 4.69) is 10.6 Å². The van der Waals surface area contributed by atoms with Crippen LogP contribution in [-0.2, 0) is 9.53 Å². The first-order valence-electron chi connectivity index (χ1n) is 6.23. The lowest BCUT2D eigenvalue weighted by Crippen LogP contribution is -2.40. The number of carbonyl (C=O) groups excluding carboxylic acids is 1. The molecule has 0 bridgehead atoms. The van der Waals surface area contributed by atoms with Gasteiger partial charge in [-0.15, -0.1) is 0 Å². The summed E-state index contributed by atoms with van der Waals surface area (Å²) < 4.78 is 4.73. The van der Waals surface area contributed by atoms with Crippen LogP contribution < -0.4 is 10.6 Å². The Morgan fingerprint density at radius 3 is 2.25 bits per heavy atom. The van der Waals surface area contributed by atoms with Crippen LogP contribution >= 0.6 is 0 Å². The number of aliphatic carboxylic acids is 1. The highest BCUT2D eigenvalue weighted by atomic mass is 16.5. The second kappa shape index (κ2) is 6.91. The van der Waals surface area contributed by atoms with Crippen LogP contribution in [-0.4, -0.2) is 36.9 Å². The Hall–Kier alpha value is -2.08. The van der Waals surface area contributed by atoms with Gasteiger partial charge in [-0.25, -0.2) is 9.59 Å². The third-order valence-corrected chi connectivity index (χ3v) is 2.92. The van der Waals surface area contributed by atoms with Crippen LogP contribution in [0.3, 0.4) is 0 Å². The summed E-state index contributed by atoms with van der Waals surface area (Å²) in [4.78, 5) is 22.5. The number of amides is 2. The van der Waals surface area contributed by atoms with Crippen molar-refractivity contribution in [2.75, 3.05) is 19.0 Å². The minimum absolute atomic E-state index is 0.0956. The number of ether oxygens (including phenoxy) is 1. The minimum atomic E-state index is -1.12. The molecule has 0 aliphatic carbocycles. The highest BCUT2D eigenvalue weighted by Crippen LogP contribution is 2.21. The topological polar surface area (TPSA) is 87.7 Å². The van der Waals surface area contributed by atoms with Crippen molar-refractivity contribution >= 4 is 17.7 Å². The van der Waals surface area contributed by atoms with Crippen LogP contribution in [0.2, 0.25) is 0 Å². The predicted octanol–water partition coefficient (Wildman–Crippen LogP) is 1.83. The van der Waals surface area contributed by atoms with E-state index in [4.69, 9.17) is 9.84 Å². The van der Waals surface area contributed by atoms with Gasteiger partial charge in [0.25, 0.3) is 0 Å². The maximum absolute atomic E-state index is 11.8. The van der Waals surface area contributed by atoms with Crippen LogP contribution in [0, 0.1) is 20.8 Å². The number of nitrogens with one attached hydrogen (secondary N) is 2. The van der Waals surface area contributed by atoms with E-state index < -0.39 is 18.1 Å². The molecule has 1 rings (SSSR count). The summed E-state index contributed by atoms with van der Waals surface area (Å²) in [7, 11) is 1.28. The van der Waals surface area contributed by atoms with Crippen molar-refractivity contribution in [1.29, 1.82) is 0 Å². The summed E-state index contributed by atoms with van der Waals surface area (Å²) in [5.41, 5.74) is 3.77. The number of rotatable bonds is 5. The first-order chi connectivity index (χ1) is 9.35. The summed E-state index contributed by atoms with van der Waals surface area (Å²) in [6.45, 7) is 5.71.